The van der Waals surface area contributed by atoms with E-state index in [1.54, 1.807) is 6.08 Å². The van der Waals surface area contributed by atoms with Gasteiger partial charge in [0.2, 0.25) is 0 Å². The molecule has 0 spiro atoms. The molecule has 0 aromatic heterocycles. The summed E-state index contributed by atoms with van der Waals surface area (Å²) in [6, 6.07) is 0. The van der Waals surface area contributed by atoms with Crippen molar-refractivity contribution in [3.05, 3.63) is 53.4 Å². The summed E-state index contributed by atoms with van der Waals surface area (Å²) in [4.78, 5) is 4.36. The van der Waals surface area contributed by atoms with Gasteiger partial charge < -0.3 is 5.32 Å². The minimum absolute atomic E-state index is 0.884. The van der Waals surface area contributed by atoms with Crippen molar-refractivity contribution in [3.63, 3.8) is 0 Å². The summed E-state index contributed by atoms with van der Waals surface area (Å²) in [5, 5.41) is 3.37. The van der Waals surface area contributed by atoms with Crippen LogP contribution in [0.5, 0.6) is 0 Å². The van der Waals surface area contributed by atoms with Crippen LogP contribution in [0.1, 0.15) is 53.9 Å². The van der Waals surface area contributed by atoms with Crippen molar-refractivity contribution in [1.82, 2.24) is 5.32 Å². The highest BCUT2D eigenvalue weighted by molar-refractivity contribution is 5.55. The van der Waals surface area contributed by atoms with E-state index in [4.69, 9.17) is 0 Å². The third kappa shape index (κ3) is 8.16. The number of unbranched alkanes of at least 4 members (excludes halogenated alkanes) is 2. The van der Waals surface area contributed by atoms with Gasteiger partial charge in [0.15, 0.2) is 0 Å². The Morgan fingerprint density at radius 2 is 1.86 bits per heavy atom. The molecule has 0 saturated carbocycles. The van der Waals surface area contributed by atoms with Crippen LogP contribution in [-0.4, -0.2) is 12.4 Å². The first-order valence-electron chi connectivity index (χ1n) is 7.66. The van der Waals surface area contributed by atoms with Gasteiger partial charge in [0.25, 0.3) is 0 Å². The molecular weight excluding hydrogens is 256 g/mol. The van der Waals surface area contributed by atoms with E-state index in [2.05, 4.69) is 36.3 Å². The molecule has 2 nitrogen and oxygen atoms in total. The van der Waals surface area contributed by atoms with Crippen LogP contribution in [-0.2, 0) is 0 Å². The lowest BCUT2D eigenvalue weighted by Gasteiger charge is -2.11. The largest absolute Gasteiger partial charge is 0.385 e. The number of nitrogens with zero attached hydrogens (tertiary/aromatic N) is 1. The van der Waals surface area contributed by atoms with E-state index in [1.807, 2.05) is 33.8 Å². The maximum absolute atomic E-state index is 4.36. The lowest BCUT2D eigenvalue weighted by molar-refractivity contribution is 0.671. The molecule has 0 saturated heterocycles. The summed E-state index contributed by atoms with van der Waals surface area (Å²) >= 11 is 0. The van der Waals surface area contributed by atoms with Gasteiger partial charge in [0, 0.05) is 12.2 Å². The van der Waals surface area contributed by atoms with Gasteiger partial charge >= 0.3 is 0 Å². The first-order chi connectivity index (χ1) is 9.93. The fourth-order valence-electron chi connectivity index (χ4n) is 1.62. The topological polar surface area (TPSA) is 24.4 Å². The molecular formula is C19H30N2. The number of hydrogen-bond donors (Lipinski definition) is 1. The normalized spacial score (nSPS) is 12.1. The summed E-state index contributed by atoms with van der Waals surface area (Å²) in [5.74, 6) is 2.89. The zero-order chi connectivity index (χ0) is 16.3. The van der Waals surface area contributed by atoms with Crippen LogP contribution in [0.4, 0.5) is 0 Å². The molecule has 0 aromatic carbocycles. The molecule has 0 atom stereocenters. The number of nitrogens with one attached hydrogen (secondary N) is 1. The zero-order valence-corrected chi connectivity index (χ0v) is 14.3. The molecule has 0 radical (unpaired) electrons. The van der Waals surface area contributed by atoms with E-state index in [0.717, 1.165) is 34.7 Å². The molecule has 0 aliphatic carbocycles. The highest BCUT2D eigenvalue weighted by Crippen LogP contribution is 2.17. The van der Waals surface area contributed by atoms with Crippen LogP contribution in [0.25, 0.3) is 0 Å². The van der Waals surface area contributed by atoms with Gasteiger partial charge in [-0.3, -0.25) is 0 Å². The quantitative estimate of drug-likeness (QED) is 0.346. The molecule has 0 heterocycles. The Morgan fingerprint density at radius 1 is 1.19 bits per heavy atom. The van der Waals surface area contributed by atoms with Crippen LogP contribution in [0.2, 0.25) is 0 Å². The second kappa shape index (κ2) is 10.9. The maximum Gasteiger partial charge on any atom is 0.0764 e. The van der Waals surface area contributed by atoms with E-state index in [1.165, 1.54) is 19.3 Å². The van der Waals surface area contributed by atoms with Gasteiger partial charge in [-0.05, 0) is 63.3 Å². The lowest BCUT2D eigenvalue weighted by atomic mass is 10.1. The van der Waals surface area contributed by atoms with Gasteiger partial charge in [0.1, 0.15) is 0 Å². The standard InChI is InChI=1S/C19H30N2/c1-8-10-11-13-20-18(7)16(5)14-19(21-12-9-2)17(6)15(3)4/h9,14,20H,3,7-8,10-11,13H2,1-2,4-6H3/b16-14+,19-17-. The highest BCUT2D eigenvalue weighted by atomic mass is 14.9. The SMILES string of the molecule is C=C(C)/C(C)=C(/C=C(\C)C(=C)NCCCCC)N=C=CC. The second-order valence-corrected chi connectivity index (χ2v) is 5.26. The van der Waals surface area contributed by atoms with Gasteiger partial charge in [-0.25, -0.2) is 4.99 Å². The molecule has 0 fully saturated rings. The van der Waals surface area contributed by atoms with E-state index in [-0.39, 0.29) is 0 Å². The van der Waals surface area contributed by atoms with Crippen LogP contribution in [0.3, 0.4) is 0 Å². The predicted molar refractivity (Wildman–Crippen MR) is 95.6 cm³/mol. The molecule has 0 aromatic rings. The van der Waals surface area contributed by atoms with Crippen molar-refractivity contribution in [2.45, 2.75) is 53.9 Å². The first kappa shape index (κ1) is 19.2. The highest BCUT2D eigenvalue weighted by Gasteiger charge is 2.02. The van der Waals surface area contributed by atoms with Crippen molar-refractivity contribution in [2.75, 3.05) is 6.54 Å². The zero-order valence-electron chi connectivity index (χ0n) is 14.3. The third-order valence-electron chi connectivity index (χ3n) is 3.29. The molecule has 2 heteroatoms. The Hall–Kier alpha value is -1.79. The van der Waals surface area contributed by atoms with Gasteiger partial charge in [-0.1, -0.05) is 38.5 Å². The average Bonchev–Trinajstić information content (AvgIpc) is 2.46. The Kier molecular flexibility index (Phi) is 10.0. The van der Waals surface area contributed by atoms with Crippen molar-refractivity contribution in [3.8, 4) is 0 Å². The fourth-order valence-corrected chi connectivity index (χ4v) is 1.62. The Labute approximate surface area is 130 Å². The molecule has 0 rings (SSSR count). The van der Waals surface area contributed by atoms with Crippen molar-refractivity contribution in [2.24, 2.45) is 4.99 Å². The Balaban J connectivity index is 5.03. The minimum atomic E-state index is 0.884. The van der Waals surface area contributed by atoms with Gasteiger partial charge in [0.05, 0.1) is 5.70 Å². The van der Waals surface area contributed by atoms with Crippen LogP contribution in [0.15, 0.2) is 58.4 Å². The Morgan fingerprint density at radius 3 is 2.38 bits per heavy atom. The van der Waals surface area contributed by atoms with Crippen LogP contribution < -0.4 is 5.32 Å². The lowest BCUT2D eigenvalue weighted by Crippen LogP contribution is -2.14. The fraction of sp³-hybridized carbons (Fsp3) is 0.474. The van der Waals surface area contributed by atoms with E-state index in [9.17, 15) is 0 Å². The van der Waals surface area contributed by atoms with Gasteiger partial charge in [-0.2, -0.15) is 0 Å². The summed E-state index contributed by atoms with van der Waals surface area (Å²) < 4.78 is 0. The molecule has 1 N–H and O–H groups in total. The summed E-state index contributed by atoms with van der Waals surface area (Å²) in [7, 11) is 0. The molecule has 0 aliphatic heterocycles. The van der Waals surface area contributed by atoms with Crippen LogP contribution in [0, 0.1) is 0 Å². The van der Waals surface area contributed by atoms with Crippen molar-refractivity contribution >= 4 is 5.87 Å². The molecule has 0 aliphatic rings. The van der Waals surface area contributed by atoms with Crippen molar-refractivity contribution in [1.29, 1.82) is 0 Å². The molecule has 21 heavy (non-hydrogen) atoms. The summed E-state index contributed by atoms with van der Waals surface area (Å²) in [6.07, 6.45) is 7.48. The number of allylic oxidation sites excluding steroid dienone is 5. The van der Waals surface area contributed by atoms with Gasteiger partial charge in [-0.15, -0.1) is 0 Å². The Bertz CT molecular complexity index is 484. The van der Waals surface area contributed by atoms with E-state index in [0.29, 0.717) is 0 Å². The average molecular weight is 286 g/mol. The predicted octanol–water partition coefficient (Wildman–Crippen LogP) is 5.32. The number of hydrogen-bond acceptors (Lipinski definition) is 2. The number of rotatable bonds is 9. The first-order valence-corrected chi connectivity index (χ1v) is 7.66. The third-order valence-corrected chi connectivity index (χ3v) is 3.29. The van der Waals surface area contributed by atoms with E-state index < -0.39 is 0 Å². The van der Waals surface area contributed by atoms with Crippen molar-refractivity contribution < 1.29 is 0 Å². The second-order valence-electron chi connectivity index (χ2n) is 5.26. The molecule has 0 bridgehead atoms. The summed E-state index contributed by atoms with van der Waals surface area (Å²) in [6.45, 7) is 19.2. The maximum atomic E-state index is 4.36. The molecule has 116 valence electrons. The summed E-state index contributed by atoms with van der Waals surface area (Å²) in [5.41, 5.74) is 5.01. The van der Waals surface area contributed by atoms with Crippen LogP contribution >= 0.6 is 0 Å². The number of aliphatic imine (C=N–C) groups is 1. The molecule has 0 amide bonds. The monoisotopic (exact) mass is 286 g/mol. The van der Waals surface area contributed by atoms with E-state index >= 15 is 0 Å². The smallest absolute Gasteiger partial charge is 0.0764 e. The molecule has 0 unspecified atom stereocenters. The minimum Gasteiger partial charge on any atom is -0.385 e.